The van der Waals surface area contributed by atoms with Gasteiger partial charge in [0.25, 0.3) is 0 Å². The smallest absolute Gasteiger partial charge is 0.192 e. The number of nitrogens with zero attached hydrogens (tertiary/aromatic N) is 1. The number of pyridine rings is 1. The zero-order valence-corrected chi connectivity index (χ0v) is 15.2. The molecule has 0 aliphatic rings. The molecule has 0 radical (unpaired) electrons. The molecule has 0 aliphatic heterocycles. The number of sulfone groups is 1. The highest BCUT2D eigenvalue weighted by Gasteiger charge is 2.09. The predicted octanol–water partition coefficient (Wildman–Crippen LogP) is 4.15. The van der Waals surface area contributed by atoms with Gasteiger partial charge in [-0.05, 0) is 48.4 Å². The highest BCUT2D eigenvalue weighted by atomic mass is 32.2. The summed E-state index contributed by atoms with van der Waals surface area (Å²) in [6.07, 6.45) is 5.41. The van der Waals surface area contributed by atoms with Gasteiger partial charge in [0.15, 0.2) is 14.9 Å². The van der Waals surface area contributed by atoms with Crippen LogP contribution in [0.1, 0.15) is 32.3 Å². The molecule has 1 heterocycles. The number of nitrogens with one attached hydrogen (secondary N) is 1. The molecule has 2 aromatic rings. The molecule has 0 amide bonds. The molecule has 0 aliphatic carbocycles. The molecule has 2 rings (SSSR count). The van der Waals surface area contributed by atoms with Gasteiger partial charge in [0.05, 0.1) is 0 Å². The van der Waals surface area contributed by atoms with E-state index in [4.69, 9.17) is 5.41 Å². The normalized spacial score (nSPS) is 12.8. The van der Waals surface area contributed by atoms with Gasteiger partial charge in [-0.2, -0.15) is 0 Å². The second kappa shape index (κ2) is 7.71. The number of aromatic nitrogens is 1. The highest BCUT2D eigenvalue weighted by Crippen LogP contribution is 2.21. The standard InChI is InChI=1S/C19H24N2O2S/c1-4-14(2)18(20)11-7-15-5-8-16(9-6-15)17-10-12-19(21-13-17)24(3,22)23/h5-6,8-10,12-14,20H,4,7,11H2,1-3H3. The number of hydrogen-bond donors (Lipinski definition) is 1. The second-order valence-electron chi connectivity index (χ2n) is 6.19. The maximum absolute atomic E-state index is 11.4. The molecule has 4 nitrogen and oxygen atoms in total. The van der Waals surface area contributed by atoms with E-state index in [0.29, 0.717) is 5.92 Å². The lowest BCUT2D eigenvalue weighted by Crippen LogP contribution is -2.09. The summed E-state index contributed by atoms with van der Waals surface area (Å²) in [5, 5.41) is 8.12. The quantitative estimate of drug-likeness (QED) is 0.767. The van der Waals surface area contributed by atoms with E-state index in [1.807, 2.05) is 12.1 Å². The van der Waals surface area contributed by atoms with Crippen molar-refractivity contribution in [3.8, 4) is 11.1 Å². The topological polar surface area (TPSA) is 70.9 Å². The summed E-state index contributed by atoms with van der Waals surface area (Å²) in [6, 6.07) is 11.5. The summed E-state index contributed by atoms with van der Waals surface area (Å²) in [6.45, 7) is 4.20. The molecule has 128 valence electrons. The van der Waals surface area contributed by atoms with Gasteiger partial charge < -0.3 is 5.41 Å². The van der Waals surface area contributed by atoms with Crippen molar-refractivity contribution >= 4 is 15.5 Å². The summed E-state index contributed by atoms with van der Waals surface area (Å²) in [5.74, 6) is 0.351. The Labute approximate surface area is 144 Å². The summed E-state index contributed by atoms with van der Waals surface area (Å²) < 4.78 is 22.9. The molecule has 0 saturated heterocycles. The number of benzene rings is 1. The molecular formula is C19H24N2O2S. The second-order valence-corrected chi connectivity index (χ2v) is 8.15. The lowest BCUT2D eigenvalue weighted by Gasteiger charge is -2.10. The van der Waals surface area contributed by atoms with Crippen molar-refractivity contribution in [1.82, 2.24) is 4.98 Å². The van der Waals surface area contributed by atoms with Gasteiger partial charge in [0.1, 0.15) is 0 Å². The van der Waals surface area contributed by atoms with Gasteiger partial charge in [-0.1, -0.05) is 38.1 Å². The molecule has 24 heavy (non-hydrogen) atoms. The van der Waals surface area contributed by atoms with E-state index in [2.05, 4.69) is 31.0 Å². The van der Waals surface area contributed by atoms with Gasteiger partial charge in [-0.25, -0.2) is 13.4 Å². The molecule has 0 saturated carbocycles. The average Bonchev–Trinajstić information content (AvgIpc) is 2.58. The minimum atomic E-state index is -3.26. The van der Waals surface area contributed by atoms with Crippen LogP contribution in [0.25, 0.3) is 11.1 Å². The largest absolute Gasteiger partial charge is 0.309 e. The number of hydrogen-bond acceptors (Lipinski definition) is 4. The van der Waals surface area contributed by atoms with E-state index in [1.54, 1.807) is 12.3 Å². The van der Waals surface area contributed by atoms with E-state index >= 15 is 0 Å². The van der Waals surface area contributed by atoms with Crippen LogP contribution in [-0.4, -0.2) is 25.4 Å². The zero-order chi connectivity index (χ0) is 17.7. The molecule has 0 fully saturated rings. The predicted molar refractivity (Wildman–Crippen MR) is 98.3 cm³/mol. The molecule has 1 unspecified atom stereocenters. The minimum absolute atomic E-state index is 0.0893. The van der Waals surface area contributed by atoms with Crippen molar-refractivity contribution in [1.29, 1.82) is 5.41 Å². The maximum atomic E-state index is 11.4. The Morgan fingerprint density at radius 3 is 2.25 bits per heavy atom. The lowest BCUT2D eigenvalue weighted by atomic mass is 9.96. The first-order valence-electron chi connectivity index (χ1n) is 8.14. The summed E-state index contributed by atoms with van der Waals surface area (Å²) in [5.41, 5.74) is 3.90. The van der Waals surface area contributed by atoms with Crippen LogP contribution in [0.15, 0.2) is 47.6 Å². The third-order valence-electron chi connectivity index (χ3n) is 4.29. The van der Waals surface area contributed by atoms with Gasteiger partial charge in [0.2, 0.25) is 0 Å². The van der Waals surface area contributed by atoms with Gasteiger partial charge >= 0.3 is 0 Å². The van der Waals surface area contributed by atoms with E-state index in [0.717, 1.165) is 42.4 Å². The Balaban J connectivity index is 2.05. The first-order chi connectivity index (χ1) is 11.3. The molecule has 1 N–H and O–H groups in total. The molecular weight excluding hydrogens is 320 g/mol. The van der Waals surface area contributed by atoms with Crippen LogP contribution in [0.3, 0.4) is 0 Å². The molecule has 0 spiro atoms. The number of rotatable bonds is 7. The van der Waals surface area contributed by atoms with Crippen molar-refractivity contribution in [3.05, 3.63) is 48.2 Å². The number of aryl methyl sites for hydroxylation is 1. The Morgan fingerprint density at radius 1 is 1.12 bits per heavy atom. The fourth-order valence-electron chi connectivity index (χ4n) is 2.41. The fourth-order valence-corrected chi connectivity index (χ4v) is 2.97. The molecule has 1 aromatic heterocycles. The monoisotopic (exact) mass is 344 g/mol. The van der Waals surface area contributed by atoms with Crippen LogP contribution in [0, 0.1) is 11.3 Å². The van der Waals surface area contributed by atoms with E-state index in [1.165, 1.54) is 11.6 Å². The molecule has 5 heteroatoms. The molecule has 1 atom stereocenters. The van der Waals surface area contributed by atoms with E-state index < -0.39 is 9.84 Å². The van der Waals surface area contributed by atoms with Crippen molar-refractivity contribution in [2.24, 2.45) is 5.92 Å². The Hall–Kier alpha value is -2.01. The van der Waals surface area contributed by atoms with Crippen LogP contribution in [-0.2, 0) is 16.3 Å². The minimum Gasteiger partial charge on any atom is -0.309 e. The van der Waals surface area contributed by atoms with Gasteiger partial charge in [-0.15, -0.1) is 0 Å². The Morgan fingerprint density at radius 2 is 1.75 bits per heavy atom. The van der Waals surface area contributed by atoms with Gasteiger partial charge in [-0.3, -0.25) is 0 Å². The molecule has 1 aromatic carbocycles. The van der Waals surface area contributed by atoms with Crippen LogP contribution in [0.5, 0.6) is 0 Å². The zero-order valence-electron chi connectivity index (χ0n) is 14.4. The summed E-state index contributed by atoms with van der Waals surface area (Å²) in [4.78, 5) is 4.02. The van der Waals surface area contributed by atoms with E-state index in [-0.39, 0.29) is 5.03 Å². The first-order valence-corrected chi connectivity index (χ1v) is 10.0. The molecule has 0 bridgehead atoms. The Kier molecular flexibility index (Phi) is 5.89. The Bertz CT molecular complexity index is 794. The van der Waals surface area contributed by atoms with Crippen LogP contribution >= 0.6 is 0 Å². The van der Waals surface area contributed by atoms with E-state index in [9.17, 15) is 8.42 Å². The van der Waals surface area contributed by atoms with Crippen LogP contribution in [0.2, 0.25) is 0 Å². The third-order valence-corrected chi connectivity index (χ3v) is 5.30. The lowest BCUT2D eigenvalue weighted by molar-refractivity contribution is 0.598. The maximum Gasteiger partial charge on any atom is 0.192 e. The third kappa shape index (κ3) is 4.74. The fraction of sp³-hybridized carbons (Fsp3) is 0.368. The van der Waals surface area contributed by atoms with Crippen molar-refractivity contribution in [2.75, 3.05) is 6.26 Å². The van der Waals surface area contributed by atoms with Crippen molar-refractivity contribution in [2.45, 2.75) is 38.1 Å². The van der Waals surface area contributed by atoms with Crippen LogP contribution in [0.4, 0.5) is 0 Å². The SMILES string of the molecule is CCC(C)C(=N)CCc1ccc(-c2ccc(S(C)(=O)=O)nc2)cc1. The first kappa shape index (κ1) is 18.3. The summed E-state index contributed by atoms with van der Waals surface area (Å²) in [7, 11) is -3.26. The summed E-state index contributed by atoms with van der Waals surface area (Å²) >= 11 is 0. The van der Waals surface area contributed by atoms with Gasteiger partial charge in [0, 0.05) is 23.7 Å². The highest BCUT2D eigenvalue weighted by molar-refractivity contribution is 7.90. The van der Waals surface area contributed by atoms with Crippen LogP contribution < -0.4 is 0 Å². The van der Waals surface area contributed by atoms with Crippen molar-refractivity contribution < 1.29 is 8.42 Å². The van der Waals surface area contributed by atoms with Crippen molar-refractivity contribution in [3.63, 3.8) is 0 Å². The average molecular weight is 344 g/mol.